The van der Waals surface area contributed by atoms with Gasteiger partial charge in [-0.3, -0.25) is 4.79 Å². The Morgan fingerprint density at radius 2 is 1.76 bits per heavy atom. The summed E-state index contributed by atoms with van der Waals surface area (Å²) in [6.45, 7) is 1.99. The summed E-state index contributed by atoms with van der Waals surface area (Å²) in [6.07, 6.45) is 2.31. The summed E-state index contributed by atoms with van der Waals surface area (Å²) in [5, 5.41) is 0. The molecule has 1 aromatic carbocycles. The summed E-state index contributed by atoms with van der Waals surface area (Å²) in [5.74, 6) is 1.92. The third-order valence-electron chi connectivity index (χ3n) is 3.42. The first kappa shape index (κ1) is 12.0. The monoisotopic (exact) mass is 234 g/mol. The number of ketones is 1. The van der Waals surface area contributed by atoms with Gasteiger partial charge in [-0.25, -0.2) is 0 Å². The van der Waals surface area contributed by atoms with Crippen molar-refractivity contribution < 1.29 is 14.3 Å². The van der Waals surface area contributed by atoms with Crippen LogP contribution in [-0.2, 0) is 0 Å². The number of carbonyl (C=O) groups excluding carboxylic acids is 1. The van der Waals surface area contributed by atoms with Crippen LogP contribution in [-0.4, -0.2) is 20.0 Å². The zero-order chi connectivity index (χ0) is 12.4. The number of hydrogen-bond donors (Lipinski definition) is 0. The number of benzene rings is 1. The molecule has 0 amide bonds. The van der Waals surface area contributed by atoms with Crippen LogP contribution in [0.3, 0.4) is 0 Å². The lowest BCUT2D eigenvalue weighted by molar-refractivity contribution is 0.0910. The number of ether oxygens (including phenoxy) is 2. The van der Waals surface area contributed by atoms with Crippen LogP contribution in [0.25, 0.3) is 0 Å². The highest BCUT2D eigenvalue weighted by molar-refractivity contribution is 6.03. The van der Waals surface area contributed by atoms with E-state index in [2.05, 4.69) is 0 Å². The van der Waals surface area contributed by atoms with E-state index in [1.165, 1.54) is 0 Å². The molecule has 1 aliphatic rings. The Bertz CT molecular complexity index is 399. The Kier molecular flexibility index (Phi) is 3.36. The van der Waals surface area contributed by atoms with Gasteiger partial charge in [-0.05, 0) is 30.9 Å². The molecule has 1 atom stereocenters. The third kappa shape index (κ3) is 2.28. The van der Waals surface area contributed by atoms with Gasteiger partial charge in [-0.15, -0.1) is 0 Å². The highest BCUT2D eigenvalue weighted by Crippen LogP contribution is 2.40. The van der Waals surface area contributed by atoms with Crippen LogP contribution in [0.4, 0.5) is 0 Å². The molecule has 92 valence electrons. The molecule has 0 N–H and O–H groups in total. The minimum absolute atomic E-state index is 0.0557. The summed E-state index contributed by atoms with van der Waals surface area (Å²) >= 11 is 0. The molecule has 0 bridgehead atoms. The molecule has 0 heterocycles. The number of hydrogen-bond acceptors (Lipinski definition) is 3. The maximum Gasteiger partial charge on any atom is 0.173 e. The molecule has 1 aromatic rings. The van der Waals surface area contributed by atoms with Crippen molar-refractivity contribution in [1.82, 2.24) is 0 Å². The highest BCUT2D eigenvalue weighted by Gasteiger charge is 2.35. The lowest BCUT2D eigenvalue weighted by Gasteiger charge is -2.15. The van der Waals surface area contributed by atoms with Gasteiger partial charge in [0.15, 0.2) is 5.78 Å². The predicted octanol–water partition coefficient (Wildman–Crippen LogP) is 2.93. The molecule has 2 rings (SSSR count). The van der Waals surface area contributed by atoms with E-state index in [1.807, 2.05) is 13.0 Å². The first-order valence-electron chi connectivity index (χ1n) is 5.94. The molecule has 1 aliphatic carbocycles. The van der Waals surface area contributed by atoms with Crippen LogP contribution in [0.15, 0.2) is 18.2 Å². The molecular formula is C14H18O3. The maximum atomic E-state index is 12.4. The predicted molar refractivity (Wildman–Crippen MR) is 65.8 cm³/mol. The maximum absolute atomic E-state index is 12.4. The molecule has 3 heteroatoms. The lowest BCUT2D eigenvalue weighted by atomic mass is 9.94. The molecule has 0 saturated heterocycles. The minimum atomic E-state index is 0.0557. The van der Waals surface area contributed by atoms with Crippen LogP contribution >= 0.6 is 0 Å². The van der Waals surface area contributed by atoms with Crippen LogP contribution in [0.5, 0.6) is 11.5 Å². The van der Waals surface area contributed by atoms with Gasteiger partial charge in [0.1, 0.15) is 17.1 Å². The SMILES string of the molecule is COc1cccc(OC)c1C(=O)C(C)C1CC1. The Morgan fingerprint density at radius 3 is 2.18 bits per heavy atom. The molecule has 0 aliphatic heterocycles. The molecule has 0 aromatic heterocycles. The van der Waals surface area contributed by atoms with Gasteiger partial charge in [-0.1, -0.05) is 13.0 Å². The van der Waals surface area contributed by atoms with Gasteiger partial charge in [0.05, 0.1) is 14.2 Å². The molecule has 17 heavy (non-hydrogen) atoms. The number of carbonyl (C=O) groups is 1. The quantitative estimate of drug-likeness (QED) is 0.735. The average molecular weight is 234 g/mol. The van der Waals surface area contributed by atoms with Crippen molar-refractivity contribution in [3.05, 3.63) is 23.8 Å². The smallest absolute Gasteiger partial charge is 0.173 e. The number of Topliss-reactive ketones (excluding diaryl/α,β-unsaturated/α-hetero) is 1. The summed E-state index contributed by atoms with van der Waals surface area (Å²) in [6, 6.07) is 5.43. The fourth-order valence-electron chi connectivity index (χ4n) is 2.13. The Labute approximate surface area is 102 Å². The number of rotatable bonds is 5. The van der Waals surface area contributed by atoms with E-state index in [4.69, 9.17) is 9.47 Å². The molecule has 0 spiro atoms. The van der Waals surface area contributed by atoms with Crippen molar-refractivity contribution in [3.63, 3.8) is 0 Å². The fourth-order valence-corrected chi connectivity index (χ4v) is 2.13. The van der Waals surface area contributed by atoms with E-state index in [1.54, 1.807) is 26.4 Å². The molecule has 3 nitrogen and oxygen atoms in total. The lowest BCUT2D eigenvalue weighted by Crippen LogP contribution is -2.15. The van der Waals surface area contributed by atoms with Crippen molar-refractivity contribution in [2.24, 2.45) is 11.8 Å². The van der Waals surface area contributed by atoms with Gasteiger partial charge < -0.3 is 9.47 Å². The first-order valence-corrected chi connectivity index (χ1v) is 5.94. The van der Waals surface area contributed by atoms with Crippen molar-refractivity contribution in [2.75, 3.05) is 14.2 Å². The normalized spacial score (nSPS) is 16.4. The van der Waals surface area contributed by atoms with Gasteiger partial charge in [-0.2, -0.15) is 0 Å². The zero-order valence-corrected chi connectivity index (χ0v) is 10.5. The average Bonchev–Trinajstić information content (AvgIpc) is 3.20. The second-order valence-electron chi connectivity index (χ2n) is 4.53. The molecule has 0 radical (unpaired) electrons. The fraction of sp³-hybridized carbons (Fsp3) is 0.500. The molecule has 1 fully saturated rings. The zero-order valence-electron chi connectivity index (χ0n) is 10.5. The Morgan fingerprint density at radius 1 is 1.24 bits per heavy atom. The molecular weight excluding hydrogens is 216 g/mol. The minimum Gasteiger partial charge on any atom is -0.496 e. The standard InChI is InChI=1S/C14H18O3/c1-9(10-7-8-10)14(15)13-11(16-2)5-4-6-12(13)17-3/h4-6,9-10H,7-8H2,1-3H3. The summed E-state index contributed by atoms with van der Waals surface area (Å²) in [5.41, 5.74) is 0.580. The van der Waals surface area contributed by atoms with E-state index in [0.717, 1.165) is 12.8 Å². The Balaban J connectivity index is 2.37. The van der Waals surface area contributed by atoms with Crippen molar-refractivity contribution >= 4 is 5.78 Å². The van der Waals surface area contributed by atoms with E-state index in [9.17, 15) is 4.79 Å². The second kappa shape index (κ2) is 4.78. The van der Waals surface area contributed by atoms with Crippen LogP contribution in [0.2, 0.25) is 0 Å². The third-order valence-corrected chi connectivity index (χ3v) is 3.42. The largest absolute Gasteiger partial charge is 0.496 e. The van der Waals surface area contributed by atoms with Crippen molar-refractivity contribution in [3.8, 4) is 11.5 Å². The summed E-state index contributed by atoms with van der Waals surface area (Å²) in [7, 11) is 3.15. The van der Waals surface area contributed by atoms with Crippen LogP contribution < -0.4 is 9.47 Å². The van der Waals surface area contributed by atoms with Crippen molar-refractivity contribution in [1.29, 1.82) is 0 Å². The second-order valence-corrected chi connectivity index (χ2v) is 4.53. The molecule has 1 unspecified atom stereocenters. The first-order chi connectivity index (χ1) is 8.19. The number of methoxy groups -OCH3 is 2. The highest BCUT2D eigenvalue weighted by atomic mass is 16.5. The van der Waals surface area contributed by atoms with E-state index >= 15 is 0 Å². The Hall–Kier alpha value is -1.51. The van der Waals surface area contributed by atoms with Crippen molar-refractivity contribution in [2.45, 2.75) is 19.8 Å². The van der Waals surface area contributed by atoms with E-state index in [-0.39, 0.29) is 11.7 Å². The van der Waals surface area contributed by atoms with Gasteiger partial charge in [0, 0.05) is 5.92 Å². The molecule has 1 saturated carbocycles. The van der Waals surface area contributed by atoms with Crippen LogP contribution in [0, 0.1) is 11.8 Å². The van der Waals surface area contributed by atoms with E-state index < -0.39 is 0 Å². The topological polar surface area (TPSA) is 35.5 Å². The van der Waals surface area contributed by atoms with E-state index in [0.29, 0.717) is 23.0 Å². The summed E-state index contributed by atoms with van der Waals surface area (Å²) < 4.78 is 10.5. The van der Waals surface area contributed by atoms with Crippen LogP contribution in [0.1, 0.15) is 30.1 Å². The summed E-state index contributed by atoms with van der Waals surface area (Å²) in [4.78, 5) is 12.4. The van der Waals surface area contributed by atoms with Gasteiger partial charge in [0.25, 0.3) is 0 Å². The van der Waals surface area contributed by atoms with Gasteiger partial charge >= 0.3 is 0 Å². The van der Waals surface area contributed by atoms with Gasteiger partial charge in [0.2, 0.25) is 0 Å².